The molecule has 0 aliphatic carbocycles. The van der Waals surface area contributed by atoms with E-state index in [1.165, 1.54) is 0 Å². The van der Waals surface area contributed by atoms with Gasteiger partial charge in [-0.05, 0) is 12.5 Å². The van der Waals surface area contributed by atoms with Gasteiger partial charge in [0.25, 0.3) is 5.92 Å². The van der Waals surface area contributed by atoms with Crippen molar-refractivity contribution in [1.29, 1.82) is 0 Å². The summed E-state index contributed by atoms with van der Waals surface area (Å²) in [5, 5.41) is 0. The zero-order valence-corrected chi connectivity index (χ0v) is 10.2. The molecule has 1 aromatic carbocycles. The summed E-state index contributed by atoms with van der Waals surface area (Å²) in [7, 11) is 0.614. The largest absolute Gasteiger partial charge is 0.267 e. The second-order valence-corrected chi connectivity index (χ2v) is 6.48. The summed E-state index contributed by atoms with van der Waals surface area (Å²) in [5.41, 5.74) is 1.34. The molecule has 0 aliphatic rings. The van der Waals surface area contributed by atoms with E-state index < -0.39 is 27.1 Å². The van der Waals surface area contributed by atoms with E-state index in [0.29, 0.717) is 5.56 Å². The summed E-state index contributed by atoms with van der Waals surface area (Å²) in [5.74, 6) is -4.68. The molecule has 0 fully saturated rings. The first-order chi connectivity index (χ1) is 7.18. The highest BCUT2D eigenvalue weighted by molar-refractivity contribution is 8.13. The highest BCUT2D eigenvalue weighted by Gasteiger charge is 2.34. The predicted molar refractivity (Wildman–Crippen MR) is 59.5 cm³/mol. The molecule has 0 atom stereocenters. The Bertz CT molecular complexity index is 454. The zero-order valence-electron chi connectivity index (χ0n) is 8.58. The van der Waals surface area contributed by atoms with E-state index in [1.807, 2.05) is 6.92 Å². The number of hydrogen-bond acceptors (Lipinski definition) is 2. The van der Waals surface area contributed by atoms with Gasteiger partial charge in [-0.25, -0.2) is 17.2 Å². The molecular weight excluding hydrogens is 258 g/mol. The first-order valence-corrected chi connectivity index (χ1v) is 7.01. The van der Waals surface area contributed by atoms with Crippen LogP contribution in [0, 0.1) is 6.92 Å². The lowest BCUT2D eigenvalue weighted by atomic mass is 10.1. The second-order valence-electron chi connectivity index (χ2n) is 3.70. The standard InChI is InChI=1S/C10H11ClF2O2S/c1-8-2-4-9(5-3-8)6-10(12,13)7-16(11,14)15/h2-5H,6-7H2,1H3. The maximum atomic E-state index is 13.2. The van der Waals surface area contributed by atoms with Crippen LogP contribution in [0.1, 0.15) is 11.1 Å². The Morgan fingerprint density at radius 3 is 2.19 bits per heavy atom. The van der Waals surface area contributed by atoms with Crippen molar-refractivity contribution >= 4 is 19.7 Å². The van der Waals surface area contributed by atoms with Gasteiger partial charge >= 0.3 is 0 Å². The quantitative estimate of drug-likeness (QED) is 0.787. The minimum absolute atomic E-state index is 0.385. The van der Waals surface area contributed by atoms with E-state index in [4.69, 9.17) is 10.7 Å². The Hall–Kier alpha value is -0.680. The molecule has 0 bridgehead atoms. The van der Waals surface area contributed by atoms with Crippen LogP contribution < -0.4 is 0 Å². The molecule has 0 radical (unpaired) electrons. The molecule has 0 N–H and O–H groups in total. The van der Waals surface area contributed by atoms with E-state index in [0.717, 1.165) is 5.56 Å². The van der Waals surface area contributed by atoms with Crippen molar-refractivity contribution in [1.82, 2.24) is 0 Å². The Morgan fingerprint density at radius 2 is 1.75 bits per heavy atom. The van der Waals surface area contributed by atoms with Crippen LogP contribution in [0.4, 0.5) is 8.78 Å². The molecule has 0 aromatic heterocycles. The van der Waals surface area contributed by atoms with Crippen LogP contribution in [-0.2, 0) is 15.5 Å². The van der Waals surface area contributed by atoms with E-state index in [-0.39, 0.29) is 0 Å². The van der Waals surface area contributed by atoms with Crippen LogP contribution in [0.2, 0.25) is 0 Å². The van der Waals surface area contributed by atoms with Crippen LogP contribution in [0.3, 0.4) is 0 Å². The Morgan fingerprint density at radius 1 is 1.25 bits per heavy atom. The molecule has 1 aromatic rings. The first kappa shape index (κ1) is 13.4. The smallest absolute Gasteiger partial charge is 0.212 e. The number of halogens is 3. The summed E-state index contributed by atoms with van der Waals surface area (Å²) >= 11 is 0. The summed E-state index contributed by atoms with van der Waals surface area (Å²) < 4.78 is 47.6. The van der Waals surface area contributed by atoms with Crippen LogP contribution in [0.25, 0.3) is 0 Å². The van der Waals surface area contributed by atoms with E-state index in [2.05, 4.69) is 0 Å². The van der Waals surface area contributed by atoms with Gasteiger partial charge in [-0.2, -0.15) is 0 Å². The predicted octanol–water partition coefficient (Wildman–Crippen LogP) is 2.74. The molecule has 90 valence electrons. The van der Waals surface area contributed by atoms with Gasteiger partial charge in [0.2, 0.25) is 9.05 Å². The van der Waals surface area contributed by atoms with E-state index >= 15 is 0 Å². The van der Waals surface area contributed by atoms with Gasteiger partial charge in [-0.15, -0.1) is 0 Å². The van der Waals surface area contributed by atoms with E-state index in [9.17, 15) is 17.2 Å². The third-order valence-corrected chi connectivity index (χ3v) is 3.06. The van der Waals surface area contributed by atoms with Gasteiger partial charge in [0.05, 0.1) is 0 Å². The average molecular weight is 269 g/mol. The zero-order chi connectivity index (χ0) is 12.4. The minimum Gasteiger partial charge on any atom is -0.212 e. The van der Waals surface area contributed by atoms with Crippen molar-refractivity contribution in [3.63, 3.8) is 0 Å². The lowest BCUT2D eigenvalue weighted by molar-refractivity contribution is 0.0267. The maximum Gasteiger partial charge on any atom is 0.267 e. The van der Waals surface area contributed by atoms with Crippen molar-refractivity contribution in [2.24, 2.45) is 0 Å². The summed E-state index contributed by atoms with van der Waals surface area (Å²) in [6.07, 6.45) is -0.626. The SMILES string of the molecule is Cc1ccc(CC(F)(F)CS(=O)(=O)Cl)cc1. The molecule has 0 unspecified atom stereocenters. The third kappa shape index (κ3) is 4.90. The highest BCUT2D eigenvalue weighted by atomic mass is 35.7. The lowest BCUT2D eigenvalue weighted by Crippen LogP contribution is -2.28. The molecule has 0 heterocycles. The maximum absolute atomic E-state index is 13.2. The minimum atomic E-state index is -4.19. The average Bonchev–Trinajstić information content (AvgIpc) is 2.04. The van der Waals surface area contributed by atoms with E-state index in [1.54, 1.807) is 24.3 Å². The van der Waals surface area contributed by atoms with Crippen LogP contribution >= 0.6 is 10.7 Å². The van der Waals surface area contributed by atoms with Crippen LogP contribution in [-0.4, -0.2) is 20.1 Å². The van der Waals surface area contributed by atoms with Gasteiger partial charge in [-0.3, -0.25) is 0 Å². The fourth-order valence-corrected chi connectivity index (χ4v) is 2.39. The lowest BCUT2D eigenvalue weighted by Gasteiger charge is -2.14. The number of hydrogen-bond donors (Lipinski definition) is 0. The number of rotatable bonds is 4. The Labute approximate surface area is 97.7 Å². The van der Waals surface area contributed by atoms with Gasteiger partial charge < -0.3 is 0 Å². The van der Waals surface area contributed by atoms with Crippen molar-refractivity contribution in [2.75, 3.05) is 5.75 Å². The van der Waals surface area contributed by atoms with Gasteiger partial charge in [0.1, 0.15) is 5.75 Å². The molecule has 0 aliphatic heterocycles. The summed E-state index contributed by atoms with van der Waals surface area (Å²) in [4.78, 5) is 0. The van der Waals surface area contributed by atoms with Gasteiger partial charge in [0, 0.05) is 17.1 Å². The molecule has 0 amide bonds. The van der Waals surface area contributed by atoms with Gasteiger partial charge in [0.15, 0.2) is 0 Å². The van der Waals surface area contributed by atoms with Crippen molar-refractivity contribution < 1.29 is 17.2 Å². The van der Waals surface area contributed by atoms with Crippen LogP contribution in [0.15, 0.2) is 24.3 Å². The Kier molecular flexibility index (Phi) is 3.91. The monoisotopic (exact) mass is 268 g/mol. The van der Waals surface area contributed by atoms with Crippen molar-refractivity contribution in [3.8, 4) is 0 Å². The fourth-order valence-electron chi connectivity index (χ4n) is 1.31. The number of aryl methyl sites for hydroxylation is 1. The second kappa shape index (κ2) is 4.67. The van der Waals surface area contributed by atoms with Crippen LogP contribution in [0.5, 0.6) is 0 Å². The molecule has 6 heteroatoms. The van der Waals surface area contributed by atoms with Gasteiger partial charge in [-0.1, -0.05) is 29.8 Å². The normalized spacial score (nSPS) is 12.8. The molecule has 0 saturated heterocycles. The van der Waals surface area contributed by atoms with Crippen molar-refractivity contribution in [2.45, 2.75) is 19.3 Å². The first-order valence-electron chi connectivity index (χ1n) is 4.54. The van der Waals surface area contributed by atoms with Crippen molar-refractivity contribution in [3.05, 3.63) is 35.4 Å². The third-order valence-electron chi connectivity index (χ3n) is 1.97. The molecule has 16 heavy (non-hydrogen) atoms. The number of alkyl halides is 2. The highest BCUT2D eigenvalue weighted by Crippen LogP contribution is 2.23. The molecule has 1 rings (SSSR count). The topological polar surface area (TPSA) is 34.1 Å². The molecule has 0 saturated carbocycles. The summed E-state index contributed by atoms with van der Waals surface area (Å²) in [6.45, 7) is 1.84. The molecule has 0 spiro atoms. The summed E-state index contributed by atoms with van der Waals surface area (Å²) in [6, 6.07) is 6.48. The fraction of sp³-hybridized carbons (Fsp3) is 0.400. The number of benzene rings is 1. The molecule has 2 nitrogen and oxygen atoms in total. The Balaban J connectivity index is 2.76. The molecular formula is C10H11ClF2O2S.